The maximum Gasteiger partial charge on any atom is 0.264 e. The zero-order valence-electron chi connectivity index (χ0n) is 17.0. The Bertz CT molecular complexity index is 928. The van der Waals surface area contributed by atoms with Crippen LogP contribution in [0, 0.1) is 6.92 Å². The third kappa shape index (κ3) is 5.61. The van der Waals surface area contributed by atoms with Crippen LogP contribution in [-0.2, 0) is 19.6 Å². The van der Waals surface area contributed by atoms with E-state index in [1.54, 1.807) is 30.3 Å². The predicted octanol–water partition coefficient (Wildman–Crippen LogP) is 1.97. The SMILES string of the molecule is COCCNC(=O)CN(c1ccc(OC)cc1OC)S(=O)(=O)c1ccc(C)cc1. The van der Waals surface area contributed by atoms with Crippen molar-refractivity contribution in [1.82, 2.24) is 5.32 Å². The molecule has 9 heteroatoms. The molecule has 0 aliphatic rings. The van der Waals surface area contributed by atoms with Gasteiger partial charge in [0.1, 0.15) is 18.0 Å². The van der Waals surface area contributed by atoms with E-state index < -0.39 is 22.5 Å². The summed E-state index contributed by atoms with van der Waals surface area (Å²) in [7, 11) is 0.411. The number of benzene rings is 2. The van der Waals surface area contributed by atoms with Crippen LogP contribution in [-0.4, -0.2) is 55.4 Å². The number of anilines is 1. The number of carbonyl (C=O) groups excluding carboxylic acids is 1. The van der Waals surface area contributed by atoms with E-state index in [9.17, 15) is 13.2 Å². The van der Waals surface area contributed by atoms with Gasteiger partial charge < -0.3 is 19.5 Å². The van der Waals surface area contributed by atoms with E-state index in [-0.39, 0.29) is 22.9 Å². The highest BCUT2D eigenvalue weighted by Gasteiger charge is 2.29. The number of sulfonamides is 1. The highest BCUT2D eigenvalue weighted by Crippen LogP contribution is 2.35. The molecule has 0 radical (unpaired) electrons. The van der Waals surface area contributed by atoms with E-state index in [4.69, 9.17) is 14.2 Å². The van der Waals surface area contributed by atoms with Crippen LogP contribution < -0.4 is 19.1 Å². The lowest BCUT2D eigenvalue weighted by atomic mass is 10.2. The number of nitrogens with one attached hydrogen (secondary N) is 1. The minimum absolute atomic E-state index is 0.0747. The summed E-state index contributed by atoms with van der Waals surface area (Å²) in [6.45, 7) is 2.04. The molecule has 8 nitrogen and oxygen atoms in total. The zero-order valence-corrected chi connectivity index (χ0v) is 17.8. The molecule has 1 amide bonds. The Morgan fingerprint density at radius 3 is 2.31 bits per heavy atom. The first-order valence-corrected chi connectivity index (χ1v) is 10.3. The van der Waals surface area contributed by atoms with Crippen LogP contribution in [0.25, 0.3) is 0 Å². The summed E-state index contributed by atoms with van der Waals surface area (Å²) < 4.78 is 43.2. The van der Waals surface area contributed by atoms with E-state index in [1.165, 1.54) is 33.5 Å². The number of hydrogen-bond donors (Lipinski definition) is 1. The molecule has 0 aliphatic heterocycles. The summed E-state index contributed by atoms with van der Waals surface area (Å²) >= 11 is 0. The second-order valence-electron chi connectivity index (χ2n) is 6.21. The van der Waals surface area contributed by atoms with Gasteiger partial charge in [-0.15, -0.1) is 0 Å². The third-order valence-corrected chi connectivity index (χ3v) is 5.95. The Hall–Kier alpha value is -2.78. The van der Waals surface area contributed by atoms with E-state index in [2.05, 4.69) is 5.32 Å². The van der Waals surface area contributed by atoms with E-state index >= 15 is 0 Å². The predicted molar refractivity (Wildman–Crippen MR) is 110 cm³/mol. The maximum atomic E-state index is 13.4. The number of nitrogens with zero attached hydrogens (tertiary/aromatic N) is 1. The molecule has 0 aliphatic carbocycles. The Labute approximate surface area is 171 Å². The first-order valence-electron chi connectivity index (χ1n) is 8.90. The first kappa shape index (κ1) is 22.5. The van der Waals surface area contributed by atoms with Crippen LogP contribution in [0.3, 0.4) is 0 Å². The molecule has 0 heterocycles. The molecular formula is C20H26N2O6S. The molecule has 158 valence electrons. The van der Waals surface area contributed by atoms with Crippen molar-refractivity contribution in [3.05, 3.63) is 48.0 Å². The molecule has 2 rings (SSSR count). The molecule has 0 spiro atoms. The van der Waals surface area contributed by atoms with Gasteiger partial charge in [-0.3, -0.25) is 9.10 Å². The topological polar surface area (TPSA) is 94.2 Å². The lowest BCUT2D eigenvalue weighted by Crippen LogP contribution is -2.41. The van der Waals surface area contributed by atoms with Crippen LogP contribution in [0.2, 0.25) is 0 Å². The zero-order chi connectivity index (χ0) is 21.4. The van der Waals surface area contributed by atoms with Gasteiger partial charge in [0.05, 0.1) is 31.4 Å². The van der Waals surface area contributed by atoms with Crippen LogP contribution in [0.15, 0.2) is 47.4 Å². The monoisotopic (exact) mass is 422 g/mol. The van der Waals surface area contributed by atoms with Gasteiger partial charge in [0.2, 0.25) is 5.91 Å². The summed E-state index contributed by atoms with van der Waals surface area (Å²) in [5.74, 6) is 0.308. The van der Waals surface area contributed by atoms with Gasteiger partial charge in [-0.25, -0.2) is 8.42 Å². The molecule has 0 atom stereocenters. The van der Waals surface area contributed by atoms with Crippen molar-refractivity contribution >= 4 is 21.6 Å². The van der Waals surface area contributed by atoms with Crippen molar-refractivity contribution in [2.45, 2.75) is 11.8 Å². The molecular weight excluding hydrogens is 396 g/mol. The molecule has 1 N–H and O–H groups in total. The third-order valence-electron chi connectivity index (χ3n) is 4.18. The molecule has 0 unspecified atom stereocenters. The van der Waals surface area contributed by atoms with Crippen molar-refractivity contribution in [3.63, 3.8) is 0 Å². The van der Waals surface area contributed by atoms with Gasteiger partial charge in [-0.05, 0) is 31.2 Å². The van der Waals surface area contributed by atoms with Crippen molar-refractivity contribution in [2.75, 3.05) is 45.3 Å². The van der Waals surface area contributed by atoms with E-state index in [0.29, 0.717) is 12.4 Å². The Morgan fingerprint density at radius 2 is 1.72 bits per heavy atom. The largest absolute Gasteiger partial charge is 0.497 e. The number of carbonyl (C=O) groups is 1. The molecule has 0 aromatic heterocycles. The van der Waals surface area contributed by atoms with Crippen molar-refractivity contribution < 1.29 is 27.4 Å². The number of amides is 1. The average molecular weight is 423 g/mol. The second kappa shape index (κ2) is 10.1. The van der Waals surface area contributed by atoms with Crippen molar-refractivity contribution in [1.29, 1.82) is 0 Å². The molecule has 2 aromatic rings. The molecule has 0 saturated heterocycles. The number of rotatable bonds is 10. The molecule has 0 fully saturated rings. The quantitative estimate of drug-likeness (QED) is 0.589. The fourth-order valence-electron chi connectivity index (χ4n) is 2.61. The van der Waals surface area contributed by atoms with Gasteiger partial charge in [0.25, 0.3) is 10.0 Å². The fraction of sp³-hybridized carbons (Fsp3) is 0.350. The van der Waals surface area contributed by atoms with Gasteiger partial charge >= 0.3 is 0 Å². The summed E-state index contributed by atoms with van der Waals surface area (Å²) in [6.07, 6.45) is 0. The Kier molecular flexibility index (Phi) is 7.86. The normalized spacial score (nSPS) is 11.0. The van der Waals surface area contributed by atoms with Crippen molar-refractivity contribution in [2.24, 2.45) is 0 Å². The lowest BCUT2D eigenvalue weighted by molar-refractivity contribution is -0.119. The van der Waals surface area contributed by atoms with Crippen LogP contribution in [0.4, 0.5) is 5.69 Å². The number of aryl methyl sites for hydroxylation is 1. The number of ether oxygens (including phenoxy) is 3. The van der Waals surface area contributed by atoms with Gasteiger partial charge in [-0.2, -0.15) is 0 Å². The summed E-state index contributed by atoms with van der Waals surface area (Å²) in [5.41, 5.74) is 1.16. The van der Waals surface area contributed by atoms with Crippen LogP contribution in [0.5, 0.6) is 11.5 Å². The van der Waals surface area contributed by atoms with Gasteiger partial charge in [-0.1, -0.05) is 17.7 Å². The fourth-order valence-corrected chi connectivity index (χ4v) is 4.04. The van der Waals surface area contributed by atoms with Crippen molar-refractivity contribution in [3.8, 4) is 11.5 Å². The van der Waals surface area contributed by atoms with Gasteiger partial charge in [0, 0.05) is 19.7 Å². The average Bonchev–Trinajstić information content (AvgIpc) is 2.72. The number of methoxy groups -OCH3 is 3. The van der Waals surface area contributed by atoms with E-state index in [0.717, 1.165) is 9.87 Å². The molecule has 0 bridgehead atoms. The Balaban J connectivity index is 2.48. The minimum Gasteiger partial charge on any atom is -0.497 e. The second-order valence-corrected chi connectivity index (χ2v) is 8.07. The Morgan fingerprint density at radius 1 is 1.03 bits per heavy atom. The van der Waals surface area contributed by atoms with E-state index in [1.807, 2.05) is 6.92 Å². The van der Waals surface area contributed by atoms with Crippen LogP contribution in [0.1, 0.15) is 5.56 Å². The summed E-state index contributed by atoms with van der Waals surface area (Å²) in [4.78, 5) is 12.5. The first-order chi connectivity index (χ1) is 13.8. The smallest absolute Gasteiger partial charge is 0.264 e. The highest BCUT2D eigenvalue weighted by molar-refractivity contribution is 7.92. The summed E-state index contributed by atoms with van der Waals surface area (Å²) in [6, 6.07) is 11.1. The standard InChI is InChI=1S/C20H26N2O6S/c1-15-5-8-17(9-6-15)29(24,25)22(14-20(23)21-11-12-26-2)18-10-7-16(27-3)13-19(18)28-4/h5-10,13H,11-12,14H2,1-4H3,(H,21,23). The van der Waals surface area contributed by atoms with Gasteiger partial charge in [0.15, 0.2) is 0 Å². The molecule has 29 heavy (non-hydrogen) atoms. The molecule has 2 aromatic carbocycles. The number of hydrogen-bond acceptors (Lipinski definition) is 6. The summed E-state index contributed by atoms with van der Waals surface area (Å²) in [5, 5.41) is 2.64. The lowest BCUT2D eigenvalue weighted by Gasteiger charge is -2.26. The molecule has 0 saturated carbocycles. The van der Waals surface area contributed by atoms with Crippen LogP contribution >= 0.6 is 0 Å². The highest BCUT2D eigenvalue weighted by atomic mass is 32.2. The maximum absolute atomic E-state index is 13.4. The minimum atomic E-state index is -4.03.